The number of nitrogens with zero attached hydrogens (tertiary/aromatic N) is 1. The Balaban J connectivity index is 0.00000127. The molecule has 1 aliphatic rings. The summed E-state index contributed by atoms with van der Waals surface area (Å²) < 4.78 is 0. The molecule has 0 amide bonds. The van der Waals surface area contributed by atoms with E-state index in [0.29, 0.717) is 5.75 Å². The molecule has 0 saturated carbocycles. The van der Waals surface area contributed by atoms with E-state index in [1.165, 1.54) is 12.8 Å². The Labute approximate surface area is 155 Å². The van der Waals surface area contributed by atoms with E-state index >= 15 is 0 Å². The van der Waals surface area contributed by atoms with Gasteiger partial charge in [-0.3, -0.25) is 4.90 Å². The molecule has 0 aromatic heterocycles. The van der Waals surface area contributed by atoms with Crippen molar-refractivity contribution in [2.75, 3.05) is 39.3 Å². The molecular weight excluding hydrogens is 406 g/mol. The monoisotopic (exact) mass is 433 g/mol. The van der Waals surface area contributed by atoms with Crippen molar-refractivity contribution in [2.45, 2.75) is 32.2 Å². The van der Waals surface area contributed by atoms with Gasteiger partial charge >= 0.3 is 28.3 Å². The number of halogens is 1. The molecule has 0 radical (unpaired) electrons. The molecule has 136 valence electrons. The van der Waals surface area contributed by atoms with Gasteiger partial charge in [-0.15, -0.1) is 0 Å². The summed E-state index contributed by atoms with van der Waals surface area (Å²) in [5.74, 6) is 0.410. The summed E-state index contributed by atoms with van der Waals surface area (Å²) in [4.78, 5) is 2.49. The van der Waals surface area contributed by atoms with Gasteiger partial charge in [0, 0.05) is 50.9 Å². The predicted molar refractivity (Wildman–Crippen MR) is 96.6 cm³/mol. The van der Waals surface area contributed by atoms with Crippen LogP contribution in [0.5, 0.6) is 5.75 Å². The summed E-state index contributed by atoms with van der Waals surface area (Å²) in [6.07, 6.45) is 3.44. The van der Waals surface area contributed by atoms with Crippen LogP contribution in [0.25, 0.3) is 0 Å². The Morgan fingerprint density at radius 3 is 2.65 bits per heavy atom. The van der Waals surface area contributed by atoms with E-state index in [-0.39, 0.29) is 6.04 Å². The van der Waals surface area contributed by atoms with Gasteiger partial charge in [0.2, 0.25) is 0 Å². The maximum atomic E-state index is 10.1. The minimum absolute atomic E-state index is 0.258. The Morgan fingerprint density at radius 1 is 1.30 bits per heavy atom. The number of hydrogen-bond donors (Lipinski definition) is 3. The molecule has 0 aliphatic carbocycles. The molecule has 1 unspecified atom stereocenters. The summed E-state index contributed by atoms with van der Waals surface area (Å²) in [6, 6.07) is 7.97. The van der Waals surface area contributed by atoms with E-state index in [4.69, 9.17) is 0 Å². The number of phenolic OH excluding ortho intramolecular Hbond substituents is 1. The quantitative estimate of drug-likeness (QED) is 0.551. The van der Waals surface area contributed by atoms with E-state index in [0.717, 1.165) is 51.3 Å². The first-order valence-electron chi connectivity index (χ1n) is 8.37. The van der Waals surface area contributed by atoms with Crippen molar-refractivity contribution in [1.29, 1.82) is 0 Å². The average Bonchev–Trinajstić information content (AvgIpc) is 2.61. The first kappa shape index (κ1) is 20.9. The number of nitrogens with one attached hydrogen (secondary N) is 2. The number of phenols is 1. The number of piperazine rings is 1. The third-order valence-electron chi connectivity index (χ3n) is 4.19. The summed E-state index contributed by atoms with van der Waals surface area (Å²) in [5, 5.41) is 17.1. The number of unbranched alkanes of at least 4 members (excludes halogenated alkanes) is 1. The number of rotatable bonds is 8. The normalized spacial score (nSPS) is 16.5. The van der Waals surface area contributed by atoms with Crippen molar-refractivity contribution >= 4 is 14.1 Å². The van der Waals surface area contributed by atoms with E-state index in [9.17, 15) is 5.11 Å². The molecule has 3 N–H and O–H groups in total. The summed E-state index contributed by atoms with van der Waals surface area (Å²) in [6.45, 7) is 8.73. The van der Waals surface area contributed by atoms with Gasteiger partial charge in [-0.05, 0) is 12.5 Å². The molecular formula is C17H29BrCuN3O. The van der Waals surface area contributed by atoms with Gasteiger partial charge in [-0.2, -0.15) is 0 Å². The fourth-order valence-corrected chi connectivity index (χ4v) is 2.89. The van der Waals surface area contributed by atoms with Crippen LogP contribution in [-0.2, 0) is 14.2 Å². The van der Waals surface area contributed by atoms with E-state index < -0.39 is 0 Å². The summed E-state index contributed by atoms with van der Waals surface area (Å²) in [5.41, 5.74) is 1.03. The van der Waals surface area contributed by atoms with Crippen molar-refractivity contribution in [1.82, 2.24) is 15.5 Å². The van der Waals surface area contributed by atoms with Crippen LogP contribution in [0, 0.1) is 0 Å². The molecule has 6 heteroatoms. The SMILES string of the molecule is CCCCC(NCCN1CCNCC1)c1ccccc1O.[Cu][Br]. The molecule has 1 atom stereocenters. The topological polar surface area (TPSA) is 47.5 Å². The molecule has 1 saturated heterocycles. The Kier molecular flexibility index (Phi) is 12.0. The van der Waals surface area contributed by atoms with Gasteiger partial charge < -0.3 is 15.7 Å². The van der Waals surface area contributed by atoms with Crippen LogP contribution in [0.1, 0.15) is 37.8 Å². The second-order valence-corrected chi connectivity index (χ2v) is 5.80. The molecule has 2 rings (SSSR count). The number of hydrogen-bond acceptors (Lipinski definition) is 4. The van der Waals surface area contributed by atoms with Gasteiger partial charge in [-0.1, -0.05) is 38.0 Å². The Morgan fingerprint density at radius 2 is 2.00 bits per heavy atom. The van der Waals surface area contributed by atoms with E-state index in [2.05, 4.69) is 50.8 Å². The van der Waals surface area contributed by atoms with E-state index in [1.807, 2.05) is 18.2 Å². The number of aromatic hydroxyl groups is 1. The molecule has 1 aromatic carbocycles. The van der Waals surface area contributed by atoms with E-state index in [1.54, 1.807) is 6.07 Å². The van der Waals surface area contributed by atoms with Crippen LogP contribution < -0.4 is 10.6 Å². The standard InChI is InChI=1S/C17H29N3O.BrH.Cu/c1-2-3-7-16(15-6-4-5-8-17(15)21)19-11-14-20-12-9-18-10-13-20;;/h4-6,8,16,18-19,21H,2-3,7,9-14H2,1H3;1H;/q;;+1/p-1. The number of benzene rings is 1. The van der Waals surface area contributed by atoms with Gasteiger partial charge in [0.05, 0.1) is 0 Å². The zero-order valence-electron chi connectivity index (χ0n) is 13.8. The van der Waals surface area contributed by atoms with Gasteiger partial charge in [0.25, 0.3) is 0 Å². The van der Waals surface area contributed by atoms with Crippen molar-refractivity contribution in [3.8, 4) is 5.75 Å². The fraction of sp³-hybridized carbons (Fsp3) is 0.647. The zero-order chi connectivity index (χ0) is 16.9. The molecule has 1 fully saturated rings. The molecule has 4 nitrogen and oxygen atoms in total. The Bertz CT molecular complexity index is 417. The maximum absolute atomic E-state index is 10.1. The number of para-hydroxylation sites is 1. The average molecular weight is 435 g/mol. The zero-order valence-corrected chi connectivity index (χ0v) is 16.4. The minimum atomic E-state index is 0.258. The predicted octanol–water partition coefficient (Wildman–Crippen LogP) is 2.96. The third-order valence-corrected chi connectivity index (χ3v) is 4.19. The molecule has 0 spiro atoms. The van der Waals surface area contributed by atoms with Crippen LogP contribution in [-0.4, -0.2) is 49.3 Å². The summed E-state index contributed by atoms with van der Waals surface area (Å²) in [7, 11) is 0. The molecule has 1 aliphatic heterocycles. The second kappa shape index (κ2) is 13.2. The van der Waals surface area contributed by atoms with Crippen LogP contribution in [0.15, 0.2) is 24.3 Å². The van der Waals surface area contributed by atoms with Gasteiger partial charge in [-0.25, -0.2) is 0 Å². The molecule has 1 aromatic rings. The molecule has 0 bridgehead atoms. The Hall–Kier alpha value is -0.101. The van der Waals surface area contributed by atoms with Crippen LogP contribution in [0.2, 0.25) is 0 Å². The molecule has 1 heterocycles. The van der Waals surface area contributed by atoms with Crippen LogP contribution in [0.3, 0.4) is 0 Å². The second-order valence-electron chi connectivity index (χ2n) is 5.80. The van der Waals surface area contributed by atoms with Crippen molar-refractivity contribution in [3.63, 3.8) is 0 Å². The fourth-order valence-electron chi connectivity index (χ4n) is 2.89. The van der Waals surface area contributed by atoms with Crippen molar-refractivity contribution < 1.29 is 19.3 Å². The summed E-state index contributed by atoms with van der Waals surface area (Å²) >= 11 is 6.50. The van der Waals surface area contributed by atoms with Crippen molar-refractivity contribution in [2.24, 2.45) is 0 Å². The van der Waals surface area contributed by atoms with Crippen molar-refractivity contribution in [3.05, 3.63) is 29.8 Å². The first-order chi connectivity index (χ1) is 11.3. The van der Waals surface area contributed by atoms with Gasteiger partial charge in [0.15, 0.2) is 0 Å². The molecule has 23 heavy (non-hydrogen) atoms. The van der Waals surface area contributed by atoms with Crippen LogP contribution >= 0.6 is 14.1 Å². The first-order valence-corrected chi connectivity index (χ1v) is 10.7. The third kappa shape index (κ3) is 8.01. The van der Waals surface area contributed by atoms with Gasteiger partial charge in [0.1, 0.15) is 5.75 Å². The van der Waals surface area contributed by atoms with Crippen LogP contribution in [0.4, 0.5) is 0 Å².